The molecule has 2 fully saturated rings. The van der Waals surface area contributed by atoms with E-state index < -0.39 is 10.0 Å². The van der Waals surface area contributed by atoms with E-state index in [0.29, 0.717) is 31.8 Å². The van der Waals surface area contributed by atoms with Crippen molar-refractivity contribution in [3.8, 4) is 0 Å². The predicted molar refractivity (Wildman–Crippen MR) is 85.5 cm³/mol. The van der Waals surface area contributed by atoms with Crippen molar-refractivity contribution in [2.24, 2.45) is 0 Å². The predicted octanol–water partition coefficient (Wildman–Crippen LogP) is 1.68. The molecule has 0 spiro atoms. The summed E-state index contributed by atoms with van der Waals surface area (Å²) in [7, 11) is -3.45. The normalized spacial score (nSPS) is 23.2. The Labute approximate surface area is 137 Å². The Hall–Kier alpha value is -1.44. The molecule has 6 nitrogen and oxygen atoms in total. The molecule has 0 aliphatic carbocycles. The Kier molecular flexibility index (Phi) is 4.70. The molecule has 2 aliphatic rings. The summed E-state index contributed by atoms with van der Waals surface area (Å²) in [5.41, 5.74) is 0.486. The fourth-order valence-corrected chi connectivity index (χ4v) is 4.57. The van der Waals surface area contributed by atoms with Gasteiger partial charge in [-0.15, -0.1) is 0 Å². The first-order valence-corrected chi connectivity index (χ1v) is 9.47. The SMILES string of the molecule is CC1OCCN1C(=O)c1ccc(S(=O)(=O)N2CCCCC2)cc1. The van der Waals surface area contributed by atoms with Crippen LogP contribution in [-0.2, 0) is 14.8 Å². The van der Waals surface area contributed by atoms with E-state index >= 15 is 0 Å². The zero-order valence-corrected chi connectivity index (χ0v) is 14.1. The van der Waals surface area contributed by atoms with Gasteiger partial charge >= 0.3 is 0 Å². The molecule has 0 aromatic heterocycles. The highest BCUT2D eigenvalue weighted by Gasteiger charge is 2.28. The molecular weight excluding hydrogens is 316 g/mol. The number of benzene rings is 1. The second kappa shape index (κ2) is 6.59. The Bertz CT molecular complexity index is 666. The molecule has 3 rings (SSSR count). The number of ether oxygens (including phenoxy) is 1. The molecule has 0 bridgehead atoms. The largest absolute Gasteiger partial charge is 0.357 e. The topological polar surface area (TPSA) is 66.9 Å². The number of amides is 1. The molecule has 1 amide bonds. The van der Waals surface area contributed by atoms with Crippen molar-refractivity contribution >= 4 is 15.9 Å². The lowest BCUT2D eigenvalue weighted by Crippen LogP contribution is -2.36. The van der Waals surface area contributed by atoms with Crippen LogP contribution in [0.1, 0.15) is 36.5 Å². The second-order valence-electron chi connectivity index (χ2n) is 5.96. The van der Waals surface area contributed by atoms with Crippen LogP contribution in [0.25, 0.3) is 0 Å². The lowest BCUT2D eigenvalue weighted by molar-refractivity contribution is 0.0378. The minimum Gasteiger partial charge on any atom is -0.357 e. The number of piperidine rings is 1. The summed E-state index contributed by atoms with van der Waals surface area (Å²) < 4.78 is 32.1. The van der Waals surface area contributed by atoms with Crippen LogP contribution in [0.4, 0.5) is 0 Å². The molecular formula is C16H22N2O4S. The third-order valence-electron chi connectivity index (χ3n) is 4.45. The average Bonchev–Trinajstić information content (AvgIpc) is 3.01. The van der Waals surface area contributed by atoms with Crippen molar-refractivity contribution in [2.45, 2.75) is 37.3 Å². The van der Waals surface area contributed by atoms with Crippen LogP contribution < -0.4 is 0 Å². The van der Waals surface area contributed by atoms with Crippen LogP contribution in [0.15, 0.2) is 29.2 Å². The van der Waals surface area contributed by atoms with Crippen molar-refractivity contribution in [1.29, 1.82) is 0 Å². The highest BCUT2D eigenvalue weighted by molar-refractivity contribution is 7.89. The summed E-state index contributed by atoms with van der Waals surface area (Å²) in [6.07, 6.45) is 2.65. The molecule has 1 atom stereocenters. The smallest absolute Gasteiger partial charge is 0.255 e. The van der Waals surface area contributed by atoms with Gasteiger partial charge in [-0.05, 0) is 44.0 Å². The van der Waals surface area contributed by atoms with E-state index in [1.807, 2.05) is 6.92 Å². The lowest BCUT2D eigenvalue weighted by atomic mass is 10.2. The van der Waals surface area contributed by atoms with Gasteiger partial charge < -0.3 is 9.64 Å². The van der Waals surface area contributed by atoms with Gasteiger partial charge in [-0.25, -0.2) is 8.42 Å². The first-order chi connectivity index (χ1) is 11.0. The number of hydrogen-bond donors (Lipinski definition) is 0. The quantitative estimate of drug-likeness (QED) is 0.841. The van der Waals surface area contributed by atoms with Crippen LogP contribution in [0.5, 0.6) is 0 Å². The molecule has 1 unspecified atom stereocenters. The molecule has 2 heterocycles. The molecule has 23 heavy (non-hydrogen) atoms. The maximum absolute atomic E-state index is 12.6. The summed E-state index contributed by atoms with van der Waals surface area (Å²) in [6.45, 7) is 4.08. The van der Waals surface area contributed by atoms with E-state index in [1.54, 1.807) is 17.0 Å². The van der Waals surface area contributed by atoms with Crippen LogP contribution in [0.2, 0.25) is 0 Å². The van der Waals surface area contributed by atoms with Crippen LogP contribution >= 0.6 is 0 Å². The third-order valence-corrected chi connectivity index (χ3v) is 6.36. The fourth-order valence-electron chi connectivity index (χ4n) is 3.05. The highest BCUT2D eigenvalue weighted by atomic mass is 32.2. The van der Waals surface area contributed by atoms with E-state index in [0.717, 1.165) is 19.3 Å². The first-order valence-electron chi connectivity index (χ1n) is 8.03. The van der Waals surface area contributed by atoms with E-state index in [-0.39, 0.29) is 17.0 Å². The Morgan fingerprint density at radius 1 is 1.09 bits per heavy atom. The van der Waals surface area contributed by atoms with Gasteiger partial charge in [0.25, 0.3) is 5.91 Å². The van der Waals surface area contributed by atoms with Crippen molar-refractivity contribution in [3.05, 3.63) is 29.8 Å². The van der Waals surface area contributed by atoms with Gasteiger partial charge in [0.2, 0.25) is 10.0 Å². The fraction of sp³-hybridized carbons (Fsp3) is 0.562. The molecule has 0 saturated carbocycles. The first kappa shape index (κ1) is 16.4. The van der Waals surface area contributed by atoms with Crippen LogP contribution in [0.3, 0.4) is 0 Å². The number of rotatable bonds is 3. The van der Waals surface area contributed by atoms with E-state index in [2.05, 4.69) is 0 Å². The summed E-state index contributed by atoms with van der Waals surface area (Å²) >= 11 is 0. The zero-order chi connectivity index (χ0) is 16.4. The van der Waals surface area contributed by atoms with Crippen molar-refractivity contribution in [2.75, 3.05) is 26.2 Å². The van der Waals surface area contributed by atoms with E-state index in [1.165, 1.54) is 16.4 Å². The monoisotopic (exact) mass is 338 g/mol. The Morgan fingerprint density at radius 3 is 2.30 bits per heavy atom. The Morgan fingerprint density at radius 2 is 1.74 bits per heavy atom. The minimum atomic E-state index is -3.45. The summed E-state index contributed by atoms with van der Waals surface area (Å²) in [5.74, 6) is -0.128. The maximum Gasteiger partial charge on any atom is 0.255 e. The van der Waals surface area contributed by atoms with Crippen molar-refractivity contribution < 1.29 is 17.9 Å². The number of nitrogens with zero attached hydrogens (tertiary/aromatic N) is 2. The number of sulfonamides is 1. The minimum absolute atomic E-state index is 0.128. The third kappa shape index (κ3) is 3.27. The van der Waals surface area contributed by atoms with Gasteiger partial charge in [0, 0.05) is 25.2 Å². The van der Waals surface area contributed by atoms with E-state index in [4.69, 9.17) is 4.74 Å². The van der Waals surface area contributed by atoms with Crippen molar-refractivity contribution in [3.63, 3.8) is 0 Å². The van der Waals surface area contributed by atoms with Gasteiger partial charge in [-0.2, -0.15) is 4.31 Å². The van der Waals surface area contributed by atoms with Crippen LogP contribution in [0, 0.1) is 0 Å². The highest BCUT2D eigenvalue weighted by Crippen LogP contribution is 2.22. The second-order valence-corrected chi connectivity index (χ2v) is 7.90. The molecule has 7 heteroatoms. The number of carbonyl (C=O) groups excluding carboxylic acids is 1. The van der Waals surface area contributed by atoms with E-state index in [9.17, 15) is 13.2 Å². The zero-order valence-electron chi connectivity index (χ0n) is 13.3. The maximum atomic E-state index is 12.6. The average molecular weight is 338 g/mol. The number of carbonyl (C=O) groups is 1. The summed E-state index contributed by atoms with van der Waals surface area (Å²) in [6, 6.07) is 6.23. The molecule has 2 aliphatic heterocycles. The van der Waals surface area contributed by atoms with Gasteiger partial charge in [0.1, 0.15) is 6.23 Å². The van der Waals surface area contributed by atoms with Crippen LogP contribution in [-0.4, -0.2) is 56.0 Å². The van der Waals surface area contributed by atoms with Gasteiger partial charge in [-0.3, -0.25) is 4.79 Å². The molecule has 126 valence electrons. The van der Waals surface area contributed by atoms with Gasteiger partial charge in [0.05, 0.1) is 11.5 Å². The molecule has 0 N–H and O–H groups in total. The number of hydrogen-bond acceptors (Lipinski definition) is 4. The van der Waals surface area contributed by atoms with Crippen molar-refractivity contribution in [1.82, 2.24) is 9.21 Å². The lowest BCUT2D eigenvalue weighted by Gasteiger charge is -2.26. The summed E-state index contributed by atoms with van der Waals surface area (Å²) in [4.78, 5) is 14.3. The Balaban J connectivity index is 1.77. The van der Waals surface area contributed by atoms with Gasteiger partial charge in [-0.1, -0.05) is 6.42 Å². The molecule has 2 saturated heterocycles. The van der Waals surface area contributed by atoms with Gasteiger partial charge in [0.15, 0.2) is 0 Å². The molecule has 0 radical (unpaired) electrons. The standard InChI is InChI=1S/C16H22N2O4S/c1-13-18(11-12-22-13)16(19)14-5-7-15(8-6-14)23(20,21)17-9-3-2-4-10-17/h5-8,13H,2-4,9-12H2,1H3. The molecule has 1 aromatic carbocycles. The molecule has 1 aromatic rings. The summed E-state index contributed by atoms with van der Waals surface area (Å²) in [5, 5.41) is 0.